The standard InChI is InChI=1S/C17H18O4S/c1-21-16(19)15-14(11-7-8-13(18)9-11)17(20,10-22-15)12-5-3-2-4-6-12/h2-6,9,14-15,20H,7-8,10H2,1H3/t14-,15+,17-/m1/s1. The van der Waals surface area contributed by atoms with Crippen LogP contribution in [-0.2, 0) is 19.9 Å². The lowest BCUT2D eigenvalue weighted by Gasteiger charge is -2.32. The Labute approximate surface area is 133 Å². The fourth-order valence-electron chi connectivity index (χ4n) is 3.33. The summed E-state index contributed by atoms with van der Waals surface area (Å²) in [5, 5.41) is 10.8. The van der Waals surface area contributed by atoms with Crippen molar-refractivity contribution in [1.82, 2.24) is 0 Å². The highest BCUT2D eigenvalue weighted by Crippen LogP contribution is 2.51. The second-order valence-corrected chi connectivity index (χ2v) is 6.84. The number of carbonyl (C=O) groups is 2. The second kappa shape index (κ2) is 5.89. The van der Waals surface area contributed by atoms with Gasteiger partial charge >= 0.3 is 5.97 Å². The quantitative estimate of drug-likeness (QED) is 0.865. The minimum atomic E-state index is -1.15. The normalized spacial score (nSPS) is 31.2. The van der Waals surface area contributed by atoms with Gasteiger partial charge in [-0.3, -0.25) is 9.59 Å². The van der Waals surface area contributed by atoms with Crippen molar-refractivity contribution >= 4 is 23.5 Å². The molecule has 0 unspecified atom stereocenters. The maximum Gasteiger partial charge on any atom is 0.319 e. The molecule has 2 aliphatic rings. The van der Waals surface area contributed by atoms with Gasteiger partial charge < -0.3 is 9.84 Å². The summed E-state index contributed by atoms with van der Waals surface area (Å²) in [7, 11) is 1.36. The van der Waals surface area contributed by atoms with Crippen LogP contribution in [0.3, 0.4) is 0 Å². The Bertz CT molecular complexity index is 625. The largest absolute Gasteiger partial charge is 0.468 e. The van der Waals surface area contributed by atoms with E-state index in [4.69, 9.17) is 4.74 Å². The number of aliphatic hydroxyl groups is 1. The smallest absolute Gasteiger partial charge is 0.319 e. The monoisotopic (exact) mass is 318 g/mol. The summed E-state index contributed by atoms with van der Waals surface area (Å²) in [4.78, 5) is 23.7. The zero-order chi connectivity index (χ0) is 15.7. The minimum Gasteiger partial charge on any atom is -0.468 e. The van der Waals surface area contributed by atoms with Crippen molar-refractivity contribution in [2.45, 2.75) is 23.7 Å². The summed E-state index contributed by atoms with van der Waals surface area (Å²) >= 11 is 1.40. The highest BCUT2D eigenvalue weighted by molar-refractivity contribution is 8.01. The van der Waals surface area contributed by atoms with Crippen LogP contribution in [0.1, 0.15) is 18.4 Å². The molecule has 0 amide bonds. The molecule has 1 fully saturated rings. The molecule has 3 atom stereocenters. The van der Waals surface area contributed by atoms with E-state index in [0.29, 0.717) is 18.6 Å². The molecule has 22 heavy (non-hydrogen) atoms. The molecule has 5 heteroatoms. The van der Waals surface area contributed by atoms with Gasteiger partial charge in [0.1, 0.15) is 10.9 Å². The van der Waals surface area contributed by atoms with Gasteiger partial charge in [-0.15, -0.1) is 11.8 Å². The van der Waals surface area contributed by atoms with E-state index < -0.39 is 16.8 Å². The molecule has 4 nitrogen and oxygen atoms in total. The Balaban J connectivity index is 2.04. The average molecular weight is 318 g/mol. The molecule has 1 aliphatic carbocycles. The number of benzene rings is 1. The van der Waals surface area contributed by atoms with Crippen molar-refractivity contribution in [2.24, 2.45) is 5.92 Å². The van der Waals surface area contributed by atoms with Gasteiger partial charge in [0.05, 0.1) is 7.11 Å². The molecular formula is C17H18O4S. The van der Waals surface area contributed by atoms with Crippen LogP contribution in [0, 0.1) is 5.92 Å². The molecule has 1 aromatic rings. The van der Waals surface area contributed by atoms with Gasteiger partial charge in [-0.1, -0.05) is 35.9 Å². The van der Waals surface area contributed by atoms with Crippen molar-refractivity contribution in [3.8, 4) is 0 Å². The van der Waals surface area contributed by atoms with E-state index in [0.717, 1.165) is 11.1 Å². The first-order chi connectivity index (χ1) is 10.6. The highest BCUT2D eigenvalue weighted by atomic mass is 32.2. The lowest BCUT2D eigenvalue weighted by Crippen LogP contribution is -2.40. The van der Waals surface area contributed by atoms with E-state index in [1.54, 1.807) is 6.08 Å². The molecule has 1 saturated heterocycles. The molecule has 0 bridgehead atoms. The summed E-state index contributed by atoms with van der Waals surface area (Å²) in [5.41, 5.74) is 0.484. The van der Waals surface area contributed by atoms with Gasteiger partial charge in [-0.05, 0) is 18.1 Å². The minimum absolute atomic E-state index is 0.0610. The Kier molecular flexibility index (Phi) is 4.10. The highest BCUT2D eigenvalue weighted by Gasteiger charge is 2.54. The Morgan fingerprint density at radius 3 is 2.64 bits per heavy atom. The first-order valence-corrected chi connectivity index (χ1v) is 8.32. The summed E-state index contributed by atoms with van der Waals surface area (Å²) in [6, 6.07) is 9.36. The number of ether oxygens (including phenoxy) is 1. The van der Waals surface area contributed by atoms with Gasteiger partial charge in [-0.25, -0.2) is 0 Å². The zero-order valence-electron chi connectivity index (χ0n) is 12.3. The lowest BCUT2D eigenvalue weighted by atomic mass is 9.76. The first kappa shape index (κ1) is 15.3. The third kappa shape index (κ3) is 2.48. The van der Waals surface area contributed by atoms with Gasteiger partial charge in [0.15, 0.2) is 5.78 Å². The molecule has 3 rings (SSSR count). The van der Waals surface area contributed by atoms with Crippen LogP contribution in [0.15, 0.2) is 42.0 Å². The number of carbonyl (C=O) groups excluding carboxylic acids is 2. The Morgan fingerprint density at radius 1 is 1.32 bits per heavy atom. The molecular weight excluding hydrogens is 300 g/mol. The zero-order valence-corrected chi connectivity index (χ0v) is 13.1. The van der Waals surface area contributed by atoms with Crippen LogP contribution in [-0.4, -0.2) is 35.0 Å². The predicted octanol–water partition coefficient (Wildman–Crippen LogP) is 2.07. The number of thioether (sulfide) groups is 1. The predicted molar refractivity (Wildman–Crippen MR) is 84.4 cm³/mol. The number of hydrogen-bond acceptors (Lipinski definition) is 5. The second-order valence-electron chi connectivity index (χ2n) is 5.71. The van der Waals surface area contributed by atoms with Crippen LogP contribution in [0.2, 0.25) is 0 Å². The molecule has 1 aliphatic heterocycles. The van der Waals surface area contributed by atoms with Crippen molar-refractivity contribution in [3.63, 3.8) is 0 Å². The number of allylic oxidation sites excluding steroid dienone is 1. The molecule has 0 spiro atoms. The van der Waals surface area contributed by atoms with Crippen LogP contribution < -0.4 is 0 Å². The molecule has 1 heterocycles. The number of rotatable bonds is 3. The fourth-order valence-corrected chi connectivity index (χ4v) is 4.93. The van der Waals surface area contributed by atoms with Crippen molar-refractivity contribution in [1.29, 1.82) is 0 Å². The summed E-state index contributed by atoms with van der Waals surface area (Å²) in [6.45, 7) is 0. The van der Waals surface area contributed by atoms with Crippen LogP contribution in [0.4, 0.5) is 0 Å². The lowest BCUT2D eigenvalue weighted by molar-refractivity contribution is -0.142. The maximum absolute atomic E-state index is 12.1. The first-order valence-electron chi connectivity index (χ1n) is 7.27. The van der Waals surface area contributed by atoms with Crippen molar-refractivity contribution < 1.29 is 19.4 Å². The van der Waals surface area contributed by atoms with Crippen LogP contribution in [0.25, 0.3) is 0 Å². The summed E-state index contributed by atoms with van der Waals surface area (Å²) in [6.07, 6.45) is 2.66. The van der Waals surface area contributed by atoms with E-state index in [2.05, 4.69) is 0 Å². The molecule has 0 radical (unpaired) electrons. The SMILES string of the molecule is COC(=O)[C@H]1SC[C@@](O)(c2ccccc2)[C@@H]1C1=CC(=O)CC1. The number of methoxy groups -OCH3 is 1. The number of hydrogen-bond donors (Lipinski definition) is 1. The third-order valence-electron chi connectivity index (χ3n) is 4.41. The van der Waals surface area contributed by atoms with E-state index in [-0.39, 0.29) is 11.8 Å². The van der Waals surface area contributed by atoms with Crippen LogP contribution >= 0.6 is 11.8 Å². The summed E-state index contributed by atoms with van der Waals surface area (Å²) < 4.78 is 4.90. The Hall–Kier alpha value is -1.59. The van der Waals surface area contributed by atoms with E-state index >= 15 is 0 Å². The molecule has 1 aromatic carbocycles. The van der Waals surface area contributed by atoms with Gasteiger partial charge in [0, 0.05) is 18.1 Å². The molecule has 116 valence electrons. The van der Waals surface area contributed by atoms with E-state index in [1.165, 1.54) is 18.9 Å². The van der Waals surface area contributed by atoms with Gasteiger partial charge in [0.25, 0.3) is 0 Å². The molecule has 0 saturated carbocycles. The van der Waals surface area contributed by atoms with Gasteiger partial charge in [-0.2, -0.15) is 0 Å². The van der Waals surface area contributed by atoms with Gasteiger partial charge in [0.2, 0.25) is 0 Å². The van der Waals surface area contributed by atoms with E-state index in [9.17, 15) is 14.7 Å². The third-order valence-corrected chi connectivity index (χ3v) is 5.84. The molecule has 1 N–H and O–H groups in total. The number of esters is 1. The Morgan fingerprint density at radius 2 is 2.05 bits per heavy atom. The van der Waals surface area contributed by atoms with Crippen molar-refractivity contribution in [2.75, 3.05) is 12.9 Å². The number of ketones is 1. The van der Waals surface area contributed by atoms with Crippen molar-refractivity contribution in [3.05, 3.63) is 47.5 Å². The molecule has 0 aromatic heterocycles. The average Bonchev–Trinajstić information content (AvgIpc) is 3.11. The topological polar surface area (TPSA) is 63.6 Å². The fraction of sp³-hybridized carbons (Fsp3) is 0.412. The van der Waals surface area contributed by atoms with Crippen LogP contribution in [0.5, 0.6) is 0 Å². The summed E-state index contributed by atoms with van der Waals surface area (Å²) in [5.74, 6) is -0.292. The maximum atomic E-state index is 12.1. The van der Waals surface area contributed by atoms with E-state index in [1.807, 2.05) is 30.3 Å².